The van der Waals surface area contributed by atoms with Crippen LogP contribution in [-0.4, -0.2) is 25.2 Å². The molecule has 0 radical (unpaired) electrons. The average molecular weight is 625 g/mol. The van der Waals surface area contributed by atoms with Gasteiger partial charge in [-0.2, -0.15) is 0 Å². The van der Waals surface area contributed by atoms with E-state index in [-0.39, 0.29) is 11.9 Å². The molecule has 264 valence electrons. The van der Waals surface area contributed by atoms with Crippen LogP contribution in [0, 0.1) is 0 Å². The second kappa shape index (κ2) is 41.9. The predicted molar refractivity (Wildman–Crippen MR) is 192 cm³/mol. The van der Waals surface area contributed by atoms with Crippen LogP contribution in [0.5, 0.6) is 0 Å². The molecule has 0 saturated carbocycles. The van der Waals surface area contributed by atoms with Gasteiger partial charge in [0.15, 0.2) is 0 Å². The lowest BCUT2D eigenvalue weighted by Gasteiger charge is -2.05. The van der Waals surface area contributed by atoms with Crippen LogP contribution in [0.3, 0.4) is 0 Å². The Morgan fingerprint density at radius 3 is 0.773 bits per heavy atom. The van der Waals surface area contributed by atoms with Crippen molar-refractivity contribution >= 4 is 11.9 Å². The third kappa shape index (κ3) is 43.1. The van der Waals surface area contributed by atoms with Gasteiger partial charge in [-0.05, 0) is 25.7 Å². The molecule has 0 N–H and O–H groups in total. The summed E-state index contributed by atoms with van der Waals surface area (Å²) in [5, 5.41) is 0. The second-order valence-corrected chi connectivity index (χ2v) is 13.1. The van der Waals surface area contributed by atoms with E-state index in [1.54, 1.807) is 0 Å². The van der Waals surface area contributed by atoms with Crippen molar-refractivity contribution in [3.8, 4) is 0 Å². The van der Waals surface area contributed by atoms with Gasteiger partial charge in [0.05, 0.1) is 13.2 Å². The van der Waals surface area contributed by atoms with E-state index in [0.29, 0.717) is 26.1 Å². The fourth-order valence-corrected chi connectivity index (χ4v) is 5.44. The van der Waals surface area contributed by atoms with E-state index in [1.165, 1.54) is 167 Å². The third-order valence-corrected chi connectivity index (χ3v) is 8.49. The Morgan fingerprint density at radius 2 is 0.500 bits per heavy atom. The molecule has 0 amide bonds. The topological polar surface area (TPSA) is 52.6 Å². The van der Waals surface area contributed by atoms with Crippen LogP contribution in [0.4, 0.5) is 0 Å². The summed E-state index contributed by atoms with van der Waals surface area (Å²) in [4.78, 5) is 23.1. The normalized spacial score (nSPS) is 10.8. The van der Waals surface area contributed by atoms with Gasteiger partial charge in [-0.25, -0.2) is 0 Å². The molecule has 0 aliphatic carbocycles. The maximum atomic E-state index is 11.6. The largest absolute Gasteiger partial charge is 0.466 e. The van der Waals surface area contributed by atoms with Gasteiger partial charge in [-0.15, -0.1) is 0 Å². The second-order valence-electron chi connectivity index (χ2n) is 13.1. The summed E-state index contributed by atoms with van der Waals surface area (Å²) in [5.74, 6) is 0.0188. The minimum atomic E-state index is 0.00412. The molecule has 0 atom stereocenters. The number of hydrogen-bond acceptors (Lipinski definition) is 4. The molecule has 0 rings (SSSR count). The van der Waals surface area contributed by atoms with Crippen LogP contribution < -0.4 is 0 Å². The van der Waals surface area contributed by atoms with E-state index >= 15 is 0 Å². The number of unbranched alkanes of at least 4 members (excludes halogenated alkanes) is 26. The van der Waals surface area contributed by atoms with Crippen LogP contribution in [0.25, 0.3) is 0 Å². The van der Waals surface area contributed by atoms with Crippen LogP contribution in [-0.2, 0) is 19.1 Å². The summed E-state index contributed by atoms with van der Waals surface area (Å²) in [7, 11) is 0. The van der Waals surface area contributed by atoms with Gasteiger partial charge in [0.2, 0.25) is 0 Å². The van der Waals surface area contributed by atoms with Crippen molar-refractivity contribution in [2.45, 2.75) is 233 Å². The zero-order chi connectivity index (χ0) is 32.6. The molecule has 0 spiro atoms. The molecule has 0 heterocycles. The Kier molecular flexibility index (Phi) is 43.0. The molecular formula is C40H80O4. The van der Waals surface area contributed by atoms with Gasteiger partial charge in [0.1, 0.15) is 0 Å². The average Bonchev–Trinajstić information content (AvgIpc) is 3.02. The molecule has 0 saturated heterocycles. The van der Waals surface area contributed by atoms with Gasteiger partial charge in [0.25, 0.3) is 0 Å². The Bertz CT molecular complexity index is 523. The number of hydrogen-bond donors (Lipinski definition) is 0. The van der Waals surface area contributed by atoms with Gasteiger partial charge >= 0.3 is 11.9 Å². The minimum Gasteiger partial charge on any atom is -0.466 e. The Balaban J connectivity index is 0. The lowest BCUT2D eigenvalue weighted by molar-refractivity contribution is -0.144. The molecule has 0 fully saturated rings. The van der Waals surface area contributed by atoms with Crippen molar-refractivity contribution < 1.29 is 19.1 Å². The fourth-order valence-electron chi connectivity index (χ4n) is 5.44. The molecule has 0 aromatic heterocycles. The maximum Gasteiger partial charge on any atom is 0.305 e. The molecule has 44 heavy (non-hydrogen) atoms. The number of ether oxygens (including phenoxy) is 2. The van der Waals surface area contributed by atoms with Gasteiger partial charge in [-0.1, -0.05) is 195 Å². The SMILES string of the molecule is CCCCCCCCCCCC(=O)OCCCCCC.CCCCCCCCCCCC(=O)OCCCCCCCCCC. The smallest absolute Gasteiger partial charge is 0.305 e. The summed E-state index contributed by atoms with van der Waals surface area (Å²) >= 11 is 0. The van der Waals surface area contributed by atoms with Crippen LogP contribution >= 0.6 is 0 Å². The minimum absolute atomic E-state index is 0.00412. The van der Waals surface area contributed by atoms with Crippen LogP contribution in [0.15, 0.2) is 0 Å². The molecule has 0 aromatic carbocycles. The zero-order valence-corrected chi connectivity index (χ0v) is 30.7. The first-order valence-electron chi connectivity index (χ1n) is 19.9. The van der Waals surface area contributed by atoms with Crippen molar-refractivity contribution in [2.24, 2.45) is 0 Å². The molecule has 4 heteroatoms. The van der Waals surface area contributed by atoms with Crippen molar-refractivity contribution in [3.05, 3.63) is 0 Å². The summed E-state index contributed by atoms with van der Waals surface area (Å²) in [6, 6.07) is 0. The van der Waals surface area contributed by atoms with Crippen LogP contribution in [0.2, 0.25) is 0 Å². The van der Waals surface area contributed by atoms with E-state index in [9.17, 15) is 9.59 Å². The van der Waals surface area contributed by atoms with E-state index in [4.69, 9.17) is 9.47 Å². The van der Waals surface area contributed by atoms with E-state index in [2.05, 4.69) is 27.7 Å². The van der Waals surface area contributed by atoms with E-state index in [0.717, 1.165) is 25.7 Å². The standard InChI is InChI=1S/C22H44O2.C18H36O2/c1-3-5-7-9-11-13-14-16-18-20-22(23)24-21-19-17-15-12-10-8-6-4-2;1-3-5-7-9-10-11-12-13-14-16-18(19)20-17-15-8-6-4-2/h3-21H2,1-2H3;3-17H2,1-2H3. The number of carbonyl (C=O) groups excluding carboxylic acids is 2. The quantitative estimate of drug-likeness (QED) is 0.0528. The maximum absolute atomic E-state index is 11.6. The highest BCUT2D eigenvalue weighted by Gasteiger charge is 2.03. The highest BCUT2D eigenvalue weighted by atomic mass is 16.5. The molecular weight excluding hydrogens is 544 g/mol. The summed E-state index contributed by atoms with van der Waals surface area (Å²) < 4.78 is 10.5. The highest BCUT2D eigenvalue weighted by molar-refractivity contribution is 5.69. The first kappa shape index (κ1) is 45.1. The van der Waals surface area contributed by atoms with Crippen molar-refractivity contribution in [3.63, 3.8) is 0 Å². The molecule has 0 aliphatic heterocycles. The molecule has 0 aromatic rings. The third-order valence-electron chi connectivity index (χ3n) is 8.49. The van der Waals surface area contributed by atoms with Gasteiger partial charge in [0, 0.05) is 12.8 Å². The number of esters is 2. The zero-order valence-electron chi connectivity index (χ0n) is 30.7. The first-order chi connectivity index (χ1) is 21.6. The Morgan fingerprint density at radius 1 is 0.295 bits per heavy atom. The summed E-state index contributed by atoms with van der Waals surface area (Å²) in [6.07, 6.45) is 39.5. The number of carbonyl (C=O) groups is 2. The van der Waals surface area contributed by atoms with E-state index in [1.807, 2.05) is 0 Å². The summed E-state index contributed by atoms with van der Waals surface area (Å²) in [6.45, 7) is 10.2. The Hall–Kier alpha value is -1.06. The first-order valence-corrected chi connectivity index (χ1v) is 19.9. The van der Waals surface area contributed by atoms with Crippen LogP contribution in [0.1, 0.15) is 233 Å². The fraction of sp³-hybridized carbons (Fsp3) is 0.950. The molecule has 4 nitrogen and oxygen atoms in total. The predicted octanol–water partition coefficient (Wildman–Crippen LogP) is 13.6. The van der Waals surface area contributed by atoms with E-state index < -0.39 is 0 Å². The molecule has 0 bridgehead atoms. The van der Waals surface area contributed by atoms with Crippen molar-refractivity contribution in [2.75, 3.05) is 13.2 Å². The lowest BCUT2D eigenvalue weighted by atomic mass is 10.1. The van der Waals surface area contributed by atoms with Crippen molar-refractivity contribution in [1.29, 1.82) is 0 Å². The monoisotopic (exact) mass is 625 g/mol. The molecule has 0 aliphatic rings. The van der Waals surface area contributed by atoms with Crippen molar-refractivity contribution in [1.82, 2.24) is 0 Å². The summed E-state index contributed by atoms with van der Waals surface area (Å²) in [5.41, 5.74) is 0. The highest BCUT2D eigenvalue weighted by Crippen LogP contribution is 2.13. The Labute approximate surface area is 277 Å². The molecule has 0 unspecified atom stereocenters. The lowest BCUT2D eigenvalue weighted by Crippen LogP contribution is -2.05. The number of rotatable bonds is 34. The van der Waals surface area contributed by atoms with Gasteiger partial charge in [-0.3, -0.25) is 9.59 Å². The van der Waals surface area contributed by atoms with Gasteiger partial charge < -0.3 is 9.47 Å².